The lowest BCUT2D eigenvalue weighted by Crippen LogP contribution is -2.45. The SMILES string of the molecule is COc1ccccc1S(=O)(=O)Cc1cccc(O[C@H]2C[C@H](C(=O)N(C)C)N(C(=O)c3cc(C)ccc3C)C2)c1. The van der Waals surface area contributed by atoms with Crippen molar-refractivity contribution in [2.45, 2.75) is 43.1 Å². The second kappa shape index (κ2) is 11.5. The summed E-state index contributed by atoms with van der Waals surface area (Å²) in [5, 5.41) is 0. The zero-order valence-electron chi connectivity index (χ0n) is 22.9. The Balaban J connectivity index is 1.55. The van der Waals surface area contributed by atoms with E-state index >= 15 is 0 Å². The van der Waals surface area contributed by atoms with Crippen LogP contribution in [-0.2, 0) is 20.4 Å². The fourth-order valence-electron chi connectivity index (χ4n) is 4.83. The Labute approximate surface area is 230 Å². The van der Waals surface area contributed by atoms with E-state index in [-0.39, 0.29) is 29.0 Å². The fraction of sp³-hybridized carbons (Fsp3) is 0.333. The van der Waals surface area contributed by atoms with Crippen molar-refractivity contribution in [1.82, 2.24) is 9.80 Å². The van der Waals surface area contributed by atoms with Gasteiger partial charge in [-0.3, -0.25) is 9.59 Å². The number of sulfone groups is 1. The lowest BCUT2D eigenvalue weighted by molar-refractivity contribution is -0.132. The van der Waals surface area contributed by atoms with Crippen molar-refractivity contribution in [3.63, 3.8) is 0 Å². The van der Waals surface area contributed by atoms with Crippen molar-refractivity contribution >= 4 is 21.7 Å². The average Bonchev–Trinajstić information content (AvgIpc) is 3.32. The van der Waals surface area contributed by atoms with E-state index in [1.54, 1.807) is 61.5 Å². The Hall–Kier alpha value is -3.85. The molecule has 0 bridgehead atoms. The van der Waals surface area contributed by atoms with Crippen LogP contribution < -0.4 is 9.47 Å². The first kappa shape index (κ1) is 28.2. The van der Waals surface area contributed by atoms with Gasteiger partial charge in [-0.15, -0.1) is 0 Å². The van der Waals surface area contributed by atoms with E-state index in [9.17, 15) is 18.0 Å². The maximum Gasteiger partial charge on any atom is 0.254 e. The molecule has 2 amide bonds. The third-order valence-electron chi connectivity index (χ3n) is 6.83. The smallest absolute Gasteiger partial charge is 0.254 e. The number of nitrogens with zero attached hydrogens (tertiary/aromatic N) is 2. The number of carbonyl (C=O) groups excluding carboxylic acids is 2. The molecular formula is C30H34N2O6S. The van der Waals surface area contributed by atoms with Gasteiger partial charge in [-0.2, -0.15) is 0 Å². The predicted octanol–water partition coefficient (Wildman–Crippen LogP) is 4.04. The van der Waals surface area contributed by atoms with E-state index in [4.69, 9.17) is 9.47 Å². The lowest BCUT2D eigenvalue weighted by Gasteiger charge is -2.26. The van der Waals surface area contributed by atoms with Crippen LogP contribution in [0, 0.1) is 13.8 Å². The molecule has 3 aromatic carbocycles. The Morgan fingerprint density at radius 3 is 2.46 bits per heavy atom. The van der Waals surface area contributed by atoms with Crippen LogP contribution in [0.2, 0.25) is 0 Å². The first-order valence-corrected chi connectivity index (χ1v) is 14.4. The number of rotatable bonds is 8. The molecule has 0 spiro atoms. The molecule has 0 N–H and O–H groups in total. The summed E-state index contributed by atoms with van der Waals surface area (Å²) >= 11 is 0. The minimum Gasteiger partial charge on any atom is -0.495 e. The van der Waals surface area contributed by atoms with Gasteiger partial charge in [-0.05, 0) is 55.3 Å². The van der Waals surface area contributed by atoms with E-state index in [1.807, 2.05) is 32.0 Å². The molecule has 0 saturated carbocycles. The number of methoxy groups -OCH3 is 1. The first-order valence-electron chi connectivity index (χ1n) is 12.7. The minimum absolute atomic E-state index is 0.125. The molecule has 0 unspecified atom stereocenters. The Kier molecular flexibility index (Phi) is 8.30. The molecule has 2 atom stereocenters. The number of amides is 2. The summed E-state index contributed by atoms with van der Waals surface area (Å²) in [6, 6.07) is 18.4. The number of aryl methyl sites for hydroxylation is 2. The summed E-state index contributed by atoms with van der Waals surface area (Å²) < 4.78 is 37.7. The quantitative estimate of drug-likeness (QED) is 0.420. The van der Waals surface area contributed by atoms with Gasteiger partial charge in [0.05, 0.1) is 19.4 Å². The molecule has 206 valence electrons. The van der Waals surface area contributed by atoms with Gasteiger partial charge in [-0.25, -0.2) is 8.42 Å². The van der Waals surface area contributed by atoms with Crippen molar-refractivity contribution in [2.75, 3.05) is 27.7 Å². The molecule has 1 aliphatic rings. The number of hydrogen-bond acceptors (Lipinski definition) is 6. The maximum absolute atomic E-state index is 13.6. The summed E-state index contributed by atoms with van der Waals surface area (Å²) in [7, 11) is 1.10. The Bertz CT molecular complexity index is 1480. The van der Waals surface area contributed by atoms with Gasteiger partial charge >= 0.3 is 0 Å². The van der Waals surface area contributed by atoms with Crippen LogP contribution >= 0.6 is 0 Å². The topological polar surface area (TPSA) is 93.2 Å². The van der Waals surface area contributed by atoms with Crippen LogP contribution in [0.5, 0.6) is 11.5 Å². The third kappa shape index (κ3) is 6.25. The molecule has 0 aliphatic carbocycles. The van der Waals surface area contributed by atoms with E-state index in [0.717, 1.165) is 11.1 Å². The molecule has 8 nitrogen and oxygen atoms in total. The average molecular weight is 551 g/mol. The number of carbonyl (C=O) groups is 2. The number of benzene rings is 3. The zero-order chi connectivity index (χ0) is 28.3. The predicted molar refractivity (Wildman–Crippen MR) is 149 cm³/mol. The second-order valence-electron chi connectivity index (χ2n) is 10.1. The lowest BCUT2D eigenvalue weighted by atomic mass is 10.0. The van der Waals surface area contributed by atoms with E-state index in [1.165, 1.54) is 18.1 Å². The first-order chi connectivity index (χ1) is 18.5. The molecule has 3 aromatic rings. The van der Waals surface area contributed by atoms with Crippen LogP contribution in [-0.4, -0.2) is 69.9 Å². The minimum atomic E-state index is -3.67. The molecule has 4 rings (SSSR count). The molecule has 9 heteroatoms. The maximum atomic E-state index is 13.6. The molecule has 39 heavy (non-hydrogen) atoms. The zero-order valence-corrected chi connectivity index (χ0v) is 23.7. The van der Waals surface area contributed by atoms with Crippen molar-refractivity contribution < 1.29 is 27.5 Å². The Morgan fingerprint density at radius 2 is 1.74 bits per heavy atom. The van der Waals surface area contributed by atoms with Crippen molar-refractivity contribution in [3.05, 3.63) is 89.0 Å². The van der Waals surface area contributed by atoms with Crippen LogP contribution in [0.1, 0.15) is 33.5 Å². The standard InChI is InChI=1S/C30H34N2O6S/c1-20-13-14-21(2)25(15-20)29(33)32-18-24(17-26(32)30(34)31(3)4)38-23-10-8-9-22(16-23)19-39(35,36)28-12-7-6-11-27(28)37-5/h6-16,24,26H,17-19H2,1-5H3/t24-,26+/m0/s1. The molecule has 1 heterocycles. The monoisotopic (exact) mass is 550 g/mol. The van der Waals surface area contributed by atoms with Crippen molar-refractivity contribution in [3.8, 4) is 11.5 Å². The van der Waals surface area contributed by atoms with Crippen LogP contribution in [0.3, 0.4) is 0 Å². The van der Waals surface area contributed by atoms with Crippen LogP contribution in [0.25, 0.3) is 0 Å². The number of likely N-dealkylation sites (tertiary alicyclic amines) is 1. The highest BCUT2D eigenvalue weighted by atomic mass is 32.2. The van der Waals surface area contributed by atoms with Gasteiger partial charge in [-0.1, -0.05) is 42.0 Å². The highest BCUT2D eigenvalue weighted by molar-refractivity contribution is 7.90. The normalized spacial score (nSPS) is 17.1. The van der Waals surface area contributed by atoms with Gasteiger partial charge in [0.25, 0.3) is 5.91 Å². The number of likely N-dealkylation sites (N-methyl/N-ethyl adjacent to an activating group) is 1. The Morgan fingerprint density at radius 1 is 1.00 bits per heavy atom. The summed E-state index contributed by atoms with van der Waals surface area (Å²) in [6.07, 6.45) is -0.105. The van der Waals surface area contributed by atoms with Gasteiger partial charge in [0.15, 0.2) is 9.84 Å². The van der Waals surface area contributed by atoms with Crippen molar-refractivity contribution in [1.29, 1.82) is 0 Å². The summed E-state index contributed by atoms with van der Waals surface area (Å²) in [5.41, 5.74) is 2.93. The number of ether oxygens (including phenoxy) is 2. The fourth-order valence-corrected chi connectivity index (χ4v) is 6.35. The second-order valence-corrected chi connectivity index (χ2v) is 12.0. The van der Waals surface area contributed by atoms with Gasteiger partial charge in [0.2, 0.25) is 5.91 Å². The van der Waals surface area contributed by atoms with Gasteiger partial charge < -0.3 is 19.3 Å². The molecule has 1 fully saturated rings. The van der Waals surface area contributed by atoms with Gasteiger partial charge in [0.1, 0.15) is 28.5 Å². The van der Waals surface area contributed by atoms with Crippen LogP contribution in [0.15, 0.2) is 71.6 Å². The molecular weight excluding hydrogens is 516 g/mol. The molecule has 0 radical (unpaired) electrons. The highest BCUT2D eigenvalue weighted by Crippen LogP contribution is 2.30. The largest absolute Gasteiger partial charge is 0.495 e. The summed E-state index contributed by atoms with van der Waals surface area (Å²) in [4.78, 5) is 29.8. The molecule has 1 aliphatic heterocycles. The van der Waals surface area contributed by atoms with E-state index in [0.29, 0.717) is 29.0 Å². The summed E-state index contributed by atoms with van der Waals surface area (Å²) in [6.45, 7) is 4.04. The number of para-hydroxylation sites is 1. The third-order valence-corrected chi connectivity index (χ3v) is 8.56. The summed E-state index contributed by atoms with van der Waals surface area (Å²) in [5.74, 6) is 0.162. The molecule has 1 saturated heterocycles. The van der Waals surface area contributed by atoms with Gasteiger partial charge in [0, 0.05) is 26.1 Å². The number of hydrogen-bond donors (Lipinski definition) is 0. The highest BCUT2D eigenvalue weighted by Gasteiger charge is 2.42. The van der Waals surface area contributed by atoms with Crippen molar-refractivity contribution in [2.24, 2.45) is 0 Å². The van der Waals surface area contributed by atoms with E-state index in [2.05, 4.69) is 0 Å². The van der Waals surface area contributed by atoms with Crippen LogP contribution in [0.4, 0.5) is 0 Å². The van der Waals surface area contributed by atoms with E-state index < -0.39 is 22.0 Å². The molecule has 0 aromatic heterocycles.